The highest BCUT2D eigenvalue weighted by Gasteiger charge is 2.16. The van der Waals surface area contributed by atoms with Gasteiger partial charge in [0.05, 0.1) is 29.7 Å². The first-order chi connectivity index (χ1) is 13.5. The summed E-state index contributed by atoms with van der Waals surface area (Å²) in [4.78, 5) is 24.8. The SMILES string of the molecule is CC(NC(=O)c1cnc2c(cnn2C(C)C)c1)c1ncc(-c2ccccc2)[nH]1. The van der Waals surface area contributed by atoms with Gasteiger partial charge in [0.1, 0.15) is 5.82 Å². The summed E-state index contributed by atoms with van der Waals surface area (Å²) in [6.07, 6.45) is 5.10. The molecule has 142 valence electrons. The first-order valence-corrected chi connectivity index (χ1v) is 9.27. The van der Waals surface area contributed by atoms with Gasteiger partial charge in [-0.25, -0.2) is 14.6 Å². The molecule has 1 amide bonds. The number of aromatic nitrogens is 5. The van der Waals surface area contributed by atoms with Gasteiger partial charge >= 0.3 is 0 Å². The van der Waals surface area contributed by atoms with Crippen molar-refractivity contribution in [2.75, 3.05) is 0 Å². The molecule has 0 saturated heterocycles. The molecular weight excluding hydrogens is 352 g/mol. The highest BCUT2D eigenvalue weighted by Crippen LogP contribution is 2.20. The number of carbonyl (C=O) groups excluding carboxylic acids is 1. The number of carbonyl (C=O) groups is 1. The largest absolute Gasteiger partial charge is 0.342 e. The van der Waals surface area contributed by atoms with E-state index in [1.165, 1.54) is 0 Å². The lowest BCUT2D eigenvalue weighted by molar-refractivity contribution is 0.0938. The highest BCUT2D eigenvalue weighted by molar-refractivity contribution is 5.97. The summed E-state index contributed by atoms with van der Waals surface area (Å²) in [5, 5.41) is 8.16. The van der Waals surface area contributed by atoms with Crippen molar-refractivity contribution in [3.8, 4) is 11.3 Å². The van der Waals surface area contributed by atoms with Gasteiger partial charge in [-0.1, -0.05) is 30.3 Å². The van der Waals surface area contributed by atoms with Crippen molar-refractivity contribution >= 4 is 16.9 Å². The molecule has 1 aromatic carbocycles. The molecule has 7 heteroatoms. The summed E-state index contributed by atoms with van der Waals surface area (Å²) in [7, 11) is 0. The fourth-order valence-corrected chi connectivity index (χ4v) is 3.11. The molecule has 0 bridgehead atoms. The van der Waals surface area contributed by atoms with E-state index < -0.39 is 0 Å². The molecule has 4 aromatic rings. The Hall–Kier alpha value is -3.48. The molecule has 1 atom stereocenters. The number of hydrogen-bond donors (Lipinski definition) is 2. The zero-order valence-electron chi connectivity index (χ0n) is 16.0. The molecule has 3 aromatic heterocycles. The summed E-state index contributed by atoms with van der Waals surface area (Å²) >= 11 is 0. The lowest BCUT2D eigenvalue weighted by atomic mass is 10.2. The van der Waals surface area contributed by atoms with Gasteiger partial charge in [0.25, 0.3) is 5.91 Å². The molecule has 0 radical (unpaired) electrons. The summed E-state index contributed by atoms with van der Waals surface area (Å²) < 4.78 is 1.84. The molecule has 0 aliphatic carbocycles. The average molecular weight is 374 g/mol. The first-order valence-electron chi connectivity index (χ1n) is 9.27. The third-order valence-electron chi connectivity index (χ3n) is 4.62. The molecule has 28 heavy (non-hydrogen) atoms. The maximum absolute atomic E-state index is 12.7. The minimum Gasteiger partial charge on any atom is -0.342 e. The number of nitrogens with one attached hydrogen (secondary N) is 2. The Morgan fingerprint density at radius 2 is 1.86 bits per heavy atom. The molecule has 4 rings (SSSR count). The second-order valence-electron chi connectivity index (χ2n) is 7.06. The van der Waals surface area contributed by atoms with E-state index in [2.05, 4.69) is 25.4 Å². The van der Waals surface area contributed by atoms with E-state index in [9.17, 15) is 4.79 Å². The normalized spacial score (nSPS) is 12.4. The third kappa shape index (κ3) is 3.38. The van der Waals surface area contributed by atoms with E-state index >= 15 is 0 Å². The number of aromatic amines is 1. The Bertz CT molecular complexity index is 1110. The predicted molar refractivity (Wildman–Crippen MR) is 108 cm³/mol. The fourth-order valence-electron chi connectivity index (χ4n) is 3.11. The number of amides is 1. The van der Waals surface area contributed by atoms with E-state index in [4.69, 9.17) is 0 Å². The molecule has 3 heterocycles. The van der Waals surface area contributed by atoms with Crippen LogP contribution >= 0.6 is 0 Å². The first kappa shape index (κ1) is 17.9. The van der Waals surface area contributed by atoms with Gasteiger partial charge in [0.15, 0.2) is 5.65 Å². The van der Waals surface area contributed by atoms with Crippen molar-refractivity contribution in [2.24, 2.45) is 0 Å². The number of pyridine rings is 1. The van der Waals surface area contributed by atoms with Crippen molar-refractivity contribution in [3.05, 3.63) is 66.4 Å². The lowest BCUT2D eigenvalue weighted by Gasteiger charge is -2.12. The van der Waals surface area contributed by atoms with Gasteiger partial charge in [-0.3, -0.25) is 4.79 Å². The van der Waals surface area contributed by atoms with Gasteiger partial charge < -0.3 is 10.3 Å². The van der Waals surface area contributed by atoms with Crippen molar-refractivity contribution in [2.45, 2.75) is 32.9 Å². The third-order valence-corrected chi connectivity index (χ3v) is 4.62. The van der Waals surface area contributed by atoms with Crippen LogP contribution in [0.4, 0.5) is 0 Å². The Labute approximate surface area is 162 Å². The number of imidazole rings is 1. The van der Waals surface area contributed by atoms with Gasteiger partial charge in [-0.2, -0.15) is 5.10 Å². The molecule has 0 aliphatic heterocycles. The summed E-state index contributed by atoms with van der Waals surface area (Å²) in [5.74, 6) is 0.505. The summed E-state index contributed by atoms with van der Waals surface area (Å²) in [6, 6.07) is 11.7. The maximum Gasteiger partial charge on any atom is 0.253 e. The quantitative estimate of drug-likeness (QED) is 0.555. The molecule has 7 nitrogen and oxygen atoms in total. The van der Waals surface area contributed by atoms with Crippen LogP contribution in [0, 0.1) is 0 Å². The van der Waals surface area contributed by atoms with Crippen LogP contribution < -0.4 is 5.32 Å². The zero-order chi connectivity index (χ0) is 19.7. The zero-order valence-corrected chi connectivity index (χ0v) is 16.0. The van der Waals surface area contributed by atoms with Crippen LogP contribution in [-0.4, -0.2) is 30.6 Å². The van der Waals surface area contributed by atoms with Gasteiger partial charge in [0.2, 0.25) is 0 Å². The van der Waals surface area contributed by atoms with Crippen LogP contribution in [0.25, 0.3) is 22.3 Å². The Morgan fingerprint density at radius 3 is 2.61 bits per heavy atom. The Kier molecular flexibility index (Phi) is 4.65. The average Bonchev–Trinajstić information content (AvgIpc) is 3.35. The highest BCUT2D eigenvalue weighted by atomic mass is 16.1. The standard InChI is InChI=1S/C21H22N6O/c1-13(2)27-20-16(11-24-27)9-17(10-23-20)21(28)25-14(3)19-22-12-18(26-19)15-7-5-4-6-8-15/h4-14H,1-3H3,(H,22,26)(H,25,28). The van der Waals surface area contributed by atoms with E-state index in [1.807, 2.05) is 61.9 Å². The van der Waals surface area contributed by atoms with Crippen molar-refractivity contribution in [1.29, 1.82) is 0 Å². The minimum atomic E-state index is -0.265. The number of H-pyrrole nitrogens is 1. The summed E-state index contributed by atoms with van der Waals surface area (Å²) in [6.45, 7) is 5.99. The van der Waals surface area contributed by atoms with E-state index in [0.717, 1.165) is 22.3 Å². The van der Waals surface area contributed by atoms with E-state index in [0.29, 0.717) is 11.4 Å². The van der Waals surface area contributed by atoms with Crippen LogP contribution in [0.3, 0.4) is 0 Å². The van der Waals surface area contributed by atoms with Crippen molar-refractivity contribution in [1.82, 2.24) is 30.0 Å². The Morgan fingerprint density at radius 1 is 1.07 bits per heavy atom. The molecule has 2 N–H and O–H groups in total. The van der Waals surface area contributed by atoms with E-state index in [-0.39, 0.29) is 18.0 Å². The van der Waals surface area contributed by atoms with Gasteiger partial charge in [-0.15, -0.1) is 0 Å². The fraction of sp³-hybridized carbons (Fsp3) is 0.238. The van der Waals surface area contributed by atoms with Crippen LogP contribution in [0.2, 0.25) is 0 Å². The van der Waals surface area contributed by atoms with E-state index in [1.54, 1.807) is 18.6 Å². The number of rotatable bonds is 5. The minimum absolute atomic E-state index is 0.197. The molecule has 0 aliphatic rings. The predicted octanol–water partition coefficient (Wildman–Crippen LogP) is 3.89. The Balaban J connectivity index is 1.50. The second-order valence-corrected chi connectivity index (χ2v) is 7.06. The molecule has 1 unspecified atom stereocenters. The second kappa shape index (κ2) is 7.26. The monoisotopic (exact) mass is 374 g/mol. The molecule has 0 saturated carbocycles. The molecule has 0 fully saturated rings. The number of fused-ring (bicyclic) bond motifs is 1. The molecular formula is C21H22N6O. The smallest absolute Gasteiger partial charge is 0.253 e. The maximum atomic E-state index is 12.7. The van der Waals surface area contributed by atoms with Gasteiger partial charge in [-0.05, 0) is 32.4 Å². The van der Waals surface area contributed by atoms with Crippen LogP contribution in [0.1, 0.15) is 49.0 Å². The molecule has 0 spiro atoms. The number of nitrogens with zero attached hydrogens (tertiary/aromatic N) is 4. The van der Waals surface area contributed by atoms with Crippen molar-refractivity contribution in [3.63, 3.8) is 0 Å². The van der Waals surface area contributed by atoms with Crippen molar-refractivity contribution < 1.29 is 4.79 Å². The summed E-state index contributed by atoms with van der Waals surface area (Å²) in [5.41, 5.74) is 3.24. The number of hydrogen-bond acceptors (Lipinski definition) is 4. The topological polar surface area (TPSA) is 88.5 Å². The lowest BCUT2D eigenvalue weighted by Crippen LogP contribution is -2.27. The van der Waals surface area contributed by atoms with Crippen LogP contribution in [0.5, 0.6) is 0 Å². The van der Waals surface area contributed by atoms with Gasteiger partial charge in [0, 0.05) is 17.6 Å². The van der Waals surface area contributed by atoms with Crippen LogP contribution in [-0.2, 0) is 0 Å². The number of benzene rings is 1. The van der Waals surface area contributed by atoms with Crippen LogP contribution in [0.15, 0.2) is 55.0 Å².